The predicted octanol–water partition coefficient (Wildman–Crippen LogP) is 4.00. The Kier molecular flexibility index (Phi) is 5.35. The number of carbonyl (C=O) groups excluding carboxylic acids is 1. The van der Waals surface area contributed by atoms with Gasteiger partial charge in [-0.15, -0.1) is 11.3 Å². The van der Waals surface area contributed by atoms with E-state index in [9.17, 15) is 19.7 Å². The van der Waals surface area contributed by atoms with Crippen LogP contribution in [0.4, 0.5) is 11.4 Å². The van der Waals surface area contributed by atoms with Crippen LogP contribution < -0.4 is 10.5 Å². The van der Waals surface area contributed by atoms with Gasteiger partial charge in [0, 0.05) is 35.8 Å². The van der Waals surface area contributed by atoms with Crippen molar-refractivity contribution in [2.75, 3.05) is 11.9 Å². The lowest BCUT2D eigenvalue weighted by Crippen LogP contribution is -2.34. The molecule has 0 bridgehead atoms. The number of non-ortho nitro benzene ring substituents is 1. The molecule has 2 aromatic carbocycles. The minimum atomic E-state index is -0.501. The highest BCUT2D eigenvalue weighted by atomic mass is 32.1. The van der Waals surface area contributed by atoms with Crippen molar-refractivity contribution in [2.24, 2.45) is 0 Å². The molecule has 8 nitrogen and oxygen atoms in total. The van der Waals surface area contributed by atoms with E-state index in [-0.39, 0.29) is 23.7 Å². The Morgan fingerprint density at radius 3 is 2.48 bits per heavy atom. The Balaban J connectivity index is 1.64. The molecule has 1 amide bonds. The fourth-order valence-electron chi connectivity index (χ4n) is 3.22. The van der Waals surface area contributed by atoms with Crippen LogP contribution in [-0.2, 0) is 11.3 Å². The van der Waals surface area contributed by atoms with Gasteiger partial charge in [-0.05, 0) is 24.6 Å². The maximum Gasteiger partial charge on any atom is 0.269 e. The molecular weight excluding hydrogens is 416 g/mol. The van der Waals surface area contributed by atoms with Crippen molar-refractivity contribution < 1.29 is 9.72 Å². The molecule has 156 valence electrons. The number of aromatic nitrogens is 2. The van der Waals surface area contributed by atoms with Gasteiger partial charge in [0.25, 0.3) is 11.2 Å². The maximum atomic E-state index is 13.1. The van der Waals surface area contributed by atoms with Crippen LogP contribution in [0.25, 0.3) is 21.3 Å². The first-order chi connectivity index (χ1) is 14.8. The predicted molar refractivity (Wildman–Crippen MR) is 121 cm³/mol. The van der Waals surface area contributed by atoms with E-state index in [0.717, 1.165) is 16.7 Å². The lowest BCUT2D eigenvalue weighted by Gasteiger charge is -2.17. The van der Waals surface area contributed by atoms with Crippen LogP contribution in [0.3, 0.4) is 0 Å². The zero-order valence-corrected chi connectivity index (χ0v) is 17.6. The van der Waals surface area contributed by atoms with Gasteiger partial charge in [-0.25, -0.2) is 4.98 Å². The van der Waals surface area contributed by atoms with Gasteiger partial charge in [0.15, 0.2) is 0 Å². The molecule has 4 aromatic rings. The van der Waals surface area contributed by atoms with E-state index < -0.39 is 4.92 Å². The average Bonchev–Trinajstić information content (AvgIpc) is 3.20. The first-order valence-corrected chi connectivity index (χ1v) is 10.3. The number of carbonyl (C=O) groups is 1. The number of aryl methyl sites for hydroxylation is 1. The molecule has 0 saturated carbocycles. The average molecular weight is 434 g/mol. The highest BCUT2D eigenvalue weighted by Crippen LogP contribution is 2.30. The summed E-state index contributed by atoms with van der Waals surface area (Å²) in [6, 6.07) is 13.5. The number of benzene rings is 2. The number of hydrogen-bond acceptors (Lipinski definition) is 6. The number of rotatable bonds is 5. The summed E-state index contributed by atoms with van der Waals surface area (Å²) in [5.74, 6) is -0.343. The number of hydrogen-bond donors (Lipinski definition) is 0. The second-order valence-corrected chi connectivity index (χ2v) is 7.96. The molecule has 0 unspecified atom stereocenters. The number of nitro benzene ring substituents is 1. The first kappa shape index (κ1) is 20.4. The highest BCUT2D eigenvalue weighted by molar-refractivity contribution is 7.17. The van der Waals surface area contributed by atoms with Crippen molar-refractivity contribution in [3.05, 3.63) is 86.3 Å². The molecule has 0 aliphatic heterocycles. The standard InChI is InChI=1S/C22H18N4O4S/c1-14-3-5-15(6-4-14)18-12-31-21-20(18)22(28)25(13-23-21)11-19(27)24(2)16-7-9-17(10-8-16)26(29)30/h3-10,12-13H,11H2,1-2H3. The maximum absolute atomic E-state index is 13.1. The van der Waals surface area contributed by atoms with Crippen molar-refractivity contribution in [1.29, 1.82) is 0 Å². The van der Waals surface area contributed by atoms with E-state index in [1.807, 2.05) is 36.6 Å². The van der Waals surface area contributed by atoms with E-state index >= 15 is 0 Å². The fourth-order valence-corrected chi connectivity index (χ4v) is 4.13. The first-order valence-electron chi connectivity index (χ1n) is 9.40. The normalized spacial score (nSPS) is 10.9. The van der Waals surface area contributed by atoms with Gasteiger partial charge >= 0.3 is 0 Å². The zero-order chi connectivity index (χ0) is 22.1. The molecule has 4 rings (SSSR count). The number of thiophene rings is 1. The molecule has 2 aromatic heterocycles. The van der Waals surface area contributed by atoms with Crippen LogP contribution in [0.1, 0.15) is 5.56 Å². The molecular formula is C22H18N4O4S. The van der Waals surface area contributed by atoms with Gasteiger partial charge in [-0.2, -0.15) is 0 Å². The number of likely N-dealkylation sites (N-methyl/N-ethyl adjacent to an activating group) is 1. The third kappa shape index (κ3) is 3.95. The van der Waals surface area contributed by atoms with Crippen LogP contribution >= 0.6 is 11.3 Å². The lowest BCUT2D eigenvalue weighted by molar-refractivity contribution is -0.384. The molecule has 2 heterocycles. The summed E-state index contributed by atoms with van der Waals surface area (Å²) in [7, 11) is 1.56. The topological polar surface area (TPSA) is 98.3 Å². The van der Waals surface area contributed by atoms with Gasteiger partial charge in [-0.3, -0.25) is 24.3 Å². The molecule has 0 spiro atoms. The SMILES string of the molecule is Cc1ccc(-c2csc3ncn(CC(=O)N(C)c4ccc([N+](=O)[O-])cc4)c(=O)c23)cc1. The van der Waals surface area contributed by atoms with Crippen LogP contribution in [0.5, 0.6) is 0 Å². The fraction of sp³-hybridized carbons (Fsp3) is 0.136. The van der Waals surface area contributed by atoms with Crippen molar-refractivity contribution in [2.45, 2.75) is 13.5 Å². The lowest BCUT2D eigenvalue weighted by atomic mass is 10.1. The molecule has 0 fully saturated rings. The third-order valence-corrected chi connectivity index (χ3v) is 5.94. The molecule has 31 heavy (non-hydrogen) atoms. The Morgan fingerprint density at radius 1 is 1.16 bits per heavy atom. The van der Waals surface area contributed by atoms with Crippen LogP contribution in [0.15, 0.2) is 65.0 Å². The van der Waals surface area contributed by atoms with Crippen LogP contribution in [0, 0.1) is 17.0 Å². The third-order valence-electron chi connectivity index (χ3n) is 5.05. The number of fused-ring (bicyclic) bond motifs is 1. The summed E-state index contributed by atoms with van der Waals surface area (Å²) in [5.41, 5.74) is 2.99. The van der Waals surface area contributed by atoms with E-state index in [1.165, 1.54) is 51.4 Å². The summed E-state index contributed by atoms with van der Waals surface area (Å²) in [6.45, 7) is 1.80. The summed E-state index contributed by atoms with van der Waals surface area (Å²) in [5, 5.41) is 13.2. The number of anilines is 1. The van der Waals surface area contributed by atoms with Crippen LogP contribution in [0.2, 0.25) is 0 Å². The van der Waals surface area contributed by atoms with Crippen LogP contribution in [-0.4, -0.2) is 27.4 Å². The summed E-state index contributed by atoms with van der Waals surface area (Å²) < 4.78 is 1.29. The second kappa shape index (κ2) is 8.11. The van der Waals surface area contributed by atoms with Gasteiger partial charge in [0.2, 0.25) is 5.91 Å². The Bertz CT molecular complexity index is 1340. The number of amides is 1. The molecule has 9 heteroatoms. The highest BCUT2D eigenvalue weighted by Gasteiger charge is 2.17. The smallest absolute Gasteiger partial charge is 0.269 e. The second-order valence-electron chi connectivity index (χ2n) is 7.10. The monoisotopic (exact) mass is 434 g/mol. The Morgan fingerprint density at radius 2 is 1.84 bits per heavy atom. The quantitative estimate of drug-likeness (QED) is 0.349. The molecule has 0 atom stereocenters. The van der Waals surface area contributed by atoms with Gasteiger partial charge in [-0.1, -0.05) is 29.8 Å². The Hall–Kier alpha value is -3.85. The minimum absolute atomic E-state index is 0.0587. The molecule has 0 aliphatic carbocycles. The van der Waals surface area contributed by atoms with Crippen molar-refractivity contribution >= 4 is 38.8 Å². The van der Waals surface area contributed by atoms with E-state index in [4.69, 9.17) is 0 Å². The van der Waals surface area contributed by atoms with Crippen molar-refractivity contribution in [1.82, 2.24) is 9.55 Å². The summed E-state index contributed by atoms with van der Waals surface area (Å²) >= 11 is 1.39. The summed E-state index contributed by atoms with van der Waals surface area (Å²) in [6.07, 6.45) is 1.38. The molecule has 0 saturated heterocycles. The van der Waals surface area contributed by atoms with E-state index in [2.05, 4.69) is 4.98 Å². The largest absolute Gasteiger partial charge is 0.314 e. The van der Waals surface area contributed by atoms with Crippen molar-refractivity contribution in [3.8, 4) is 11.1 Å². The zero-order valence-electron chi connectivity index (χ0n) is 16.8. The molecule has 0 N–H and O–H groups in total. The van der Waals surface area contributed by atoms with E-state index in [1.54, 1.807) is 7.05 Å². The van der Waals surface area contributed by atoms with Gasteiger partial charge in [0.1, 0.15) is 11.4 Å². The van der Waals surface area contributed by atoms with Gasteiger partial charge < -0.3 is 4.90 Å². The summed E-state index contributed by atoms with van der Waals surface area (Å²) in [4.78, 5) is 42.5. The molecule has 0 radical (unpaired) electrons. The van der Waals surface area contributed by atoms with Crippen molar-refractivity contribution in [3.63, 3.8) is 0 Å². The molecule has 0 aliphatic rings. The van der Waals surface area contributed by atoms with E-state index in [0.29, 0.717) is 15.9 Å². The Labute approximate surface area is 181 Å². The van der Waals surface area contributed by atoms with Gasteiger partial charge in [0.05, 0.1) is 16.6 Å². The minimum Gasteiger partial charge on any atom is -0.314 e. The number of nitrogens with zero attached hydrogens (tertiary/aromatic N) is 4. The number of nitro groups is 1.